The zero-order valence-corrected chi connectivity index (χ0v) is 14.4. The van der Waals surface area contributed by atoms with Gasteiger partial charge in [-0.25, -0.2) is 0 Å². The first-order valence-electron chi connectivity index (χ1n) is 7.90. The van der Waals surface area contributed by atoms with E-state index in [2.05, 4.69) is 20.1 Å². The Kier molecular flexibility index (Phi) is 6.83. The van der Waals surface area contributed by atoms with Gasteiger partial charge in [0.05, 0.1) is 14.2 Å². The van der Waals surface area contributed by atoms with Gasteiger partial charge >= 0.3 is 11.9 Å². The van der Waals surface area contributed by atoms with Gasteiger partial charge in [0, 0.05) is 11.4 Å². The number of esters is 2. The predicted octanol–water partition coefficient (Wildman–Crippen LogP) is 2.45. The van der Waals surface area contributed by atoms with E-state index in [0.717, 1.165) is 17.8 Å². The van der Waals surface area contributed by atoms with Gasteiger partial charge in [-0.2, -0.15) is 0 Å². The van der Waals surface area contributed by atoms with Crippen LogP contribution in [0, 0.1) is 0 Å². The molecule has 6 heteroatoms. The number of rotatable bonds is 8. The predicted molar refractivity (Wildman–Crippen MR) is 96.7 cm³/mol. The van der Waals surface area contributed by atoms with Crippen LogP contribution in [0.5, 0.6) is 0 Å². The normalized spacial score (nSPS) is 10.0. The van der Waals surface area contributed by atoms with Crippen LogP contribution in [-0.2, 0) is 25.5 Å². The van der Waals surface area contributed by atoms with Crippen molar-refractivity contribution in [1.82, 2.24) is 0 Å². The summed E-state index contributed by atoms with van der Waals surface area (Å²) in [6.45, 7) is 0.297. The van der Waals surface area contributed by atoms with E-state index in [1.54, 1.807) is 0 Å². The first-order valence-corrected chi connectivity index (χ1v) is 7.90. The summed E-state index contributed by atoms with van der Waals surface area (Å²) in [7, 11) is 2.73. The third-order valence-corrected chi connectivity index (χ3v) is 3.65. The third-order valence-electron chi connectivity index (χ3n) is 3.65. The summed E-state index contributed by atoms with van der Waals surface area (Å²) in [4.78, 5) is 22.2. The Labute approximate surface area is 147 Å². The van der Waals surface area contributed by atoms with Gasteiger partial charge in [0.2, 0.25) is 0 Å². The molecule has 0 bridgehead atoms. The Balaban J connectivity index is 1.87. The van der Waals surface area contributed by atoms with Crippen LogP contribution in [0.4, 0.5) is 11.4 Å². The molecule has 6 nitrogen and oxygen atoms in total. The molecule has 0 radical (unpaired) electrons. The number of carbonyl (C=O) groups excluding carboxylic acids is 2. The molecular weight excluding hydrogens is 320 g/mol. The van der Waals surface area contributed by atoms with E-state index in [0.29, 0.717) is 0 Å². The summed E-state index contributed by atoms with van der Waals surface area (Å²) in [6.07, 6.45) is 0.800. The number of nitrogens with one attached hydrogen (secondary N) is 2. The van der Waals surface area contributed by atoms with Gasteiger partial charge in [0.25, 0.3) is 0 Å². The van der Waals surface area contributed by atoms with E-state index in [1.165, 1.54) is 25.3 Å². The van der Waals surface area contributed by atoms with Crippen LogP contribution in [0.15, 0.2) is 48.5 Å². The Morgan fingerprint density at radius 1 is 0.720 bits per heavy atom. The van der Waals surface area contributed by atoms with E-state index < -0.39 is 0 Å². The number of methoxy groups -OCH3 is 2. The van der Waals surface area contributed by atoms with Crippen LogP contribution in [0.3, 0.4) is 0 Å². The molecule has 0 aliphatic rings. The van der Waals surface area contributed by atoms with Crippen molar-refractivity contribution in [2.24, 2.45) is 0 Å². The van der Waals surface area contributed by atoms with Crippen molar-refractivity contribution in [3.8, 4) is 0 Å². The lowest BCUT2D eigenvalue weighted by atomic mass is 10.0. The number of anilines is 2. The molecule has 2 rings (SSSR count). The lowest BCUT2D eigenvalue weighted by molar-refractivity contribution is -0.139. The van der Waals surface area contributed by atoms with Crippen molar-refractivity contribution in [3.63, 3.8) is 0 Å². The summed E-state index contributed by atoms with van der Waals surface area (Å²) in [5.74, 6) is -0.602. The van der Waals surface area contributed by atoms with Crippen molar-refractivity contribution in [3.05, 3.63) is 59.7 Å². The number of benzene rings is 2. The zero-order chi connectivity index (χ0) is 18.1. The maximum Gasteiger partial charge on any atom is 0.325 e. The Morgan fingerprint density at radius 2 is 1.08 bits per heavy atom. The highest BCUT2D eigenvalue weighted by atomic mass is 16.5. The molecule has 2 aromatic carbocycles. The molecule has 0 fully saturated rings. The number of hydrogen-bond donors (Lipinski definition) is 2. The van der Waals surface area contributed by atoms with E-state index in [1.807, 2.05) is 48.5 Å². The Bertz CT molecular complexity index is 635. The van der Waals surface area contributed by atoms with Gasteiger partial charge < -0.3 is 20.1 Å². The van der Waals surface area contributed by atoms with E-state index in [9.17, 15) is 9.59 Å². The summed E-state index contributed by atoms with van der Waals surface area (Å²) in [5.41, 5.74) is 4.07. The van der Waals surface area contributed by atoms with Gasteiger partial charge in [-0.1, -0.05) is 24.3 Å². The van der Waals surface area contributed by atoms with Gasteiger partial charge in [-0.05, 0) is 41.8 Å². The fourth-order valence-electron chi connectivity index (χ4n) is 2.21. The van der Waals surface area contributed by atoms with Gasteiger partial charge in [0.1, 0.15) is 13.1 Å². The molecule has 0 aliphatic heterocycles. The molecular formula is C19H22N2O4. The minimum Gasteiger partial charge on any atom is -0.468 e. The quantitative estimate of drug-likeness (QED) is 0.718. The van der Waals surface area contributed by atoms with Crippen molar-refractivity contribution in [2.75, 3.05) is 37.9 Å². The van der Waals surface area contributed by atoms with Crippen LogP contribution in [0.2, 0.25) is 0 Å². The molecule has 2 aromatic rings. The molecule has 0 saturated heterocycles. The standard InChI is InChI=1S/C19H22N2O4/c1-24-18(22)12-20-16-7-3-14(4-8-16)11-15-5-9-17(10-6-15)21-13-19(23)25-2/h3-10,20-21H,11-13H2,1-2H3. The monoisotopic (exact) mass is 342 g/mol. The lowest BCUT2D eigenvalue weighted by Gasteiger charge is -2.08. The minimum absolute atomic E-state index is 0.149. The molecule has 2 N–H and O–H groups in total. The molecule has 0 heterocycles. The summed E-state index contributed by atoms with van der Waals surface area (Å²) >= 11 is 0. The third kappa shape index (κ3) is 6.18. The fraction of sp³-hybridized carbons (Fsp3) is 0.263. The first-order chi connectivity index (χ1) is 12.1. The zero-order valence-electron chi connectivity index (χ0n) is 14.4. The van der Waals surface area contributed by atoms with Gasteiger partial charge in [0.15, 0.2) is 0 Å². The molecule has 132 valence electrons. The highest BCUT2D eigenvalue weighted by molar-refractivity contribution is 5.75. The van der Waals surface area contributed by atoms with Crippen LogP contribution in [-0.4, -0.2) is 39.2 Å². The first kappa shape index (κ1) is 18.3. The molecule has 0 unspecified atom stereocenters. The number of ether oxygens (including phenoxy) is 2. The largest absolute Gasteiger partial charge is 0.468 e. The summed E-state index contributed by atoms with van der Waals surface area (Å²) in [6, 6.07) is 15.8. The van der Waals surface area contributed by atoms with Crippen LogP contribution < -0.4 is 10.6 Å². The van der Waals surface area contributed by atoms with Crippen molar-refractivity contribution >= 4 is 23.3 Å². The Hall–Kier alpha value is -3.02. The Morgan fingerprint density at radius 3 is 1.40 bits per heavy atom. The number of carbonyl (C=O) groups is 2. The smallest absolute Gasteiger partial charge is 0.325 e. The van der Waals surface area contributed by atoms with Crippen molar-refractivity contribution in [1.29, 1.82) is 0 Å². The summed E-state index contributed by atoms with van der Waals surface area (Å²) < 4.78 is 9.18. The molecule has 0 aliphatic carbocycles. The molecule has 25 heavy (non-hydrogen) atoms. The van der Waals surface area contributed by atoms with E-state index >= 15 is 0 Å². The molecule has 0 atom stereocenters. The topological polar surface area (TPSA) is 76.7 Å². The second kappa shape index (κ2) is 9.32. The lowest BCUT2D eigenvalue weighted by Crippen LogP contribution is -2.14. The molecule has 0 spiro atoms. The van der Waals surface area contributed by atoms with Gasteiger partial charge in [-0.15, -0.1) is 0 Å². The van der Waals surface area contributed by atoms with Crippen LogP contribution in [0.1, 0.15) is 11.1 Å². The van der Waals surface area contributed by atoms with Crippen molar-refractivity contribution in [2.45, 2.75) is 6.42 Å². The highest BCUT2D eigenvalue weighted by Gasteiger charge is 2.02. The average Bonchev–Trinajstić information content (AvgIpc) is 2.66. The second-order valence-corrected chi connectivity index (χ2v) is 5.43. The second-order valence-electron chi connectivity index (χ2n) is 5.43. The van der Waals surface area contributed by atoms with Crippen LogP contribution in [0.25, 0.3) is 0 Å². The maximum absolute atomic E-state index is 11.1. The van der Waals surface area contributed by atoms with Gasteiger partial charge in [-0.3, -0.25) is 9.59 Å². The maximum atomic E-state index is 11.1. The SMILES string of the molecule is COC(=O)CNc1ccc(Cc2ccc(NCC(=O)OC)cc2)cc1. The van der Waals surface area contributed by atoms with E-state index in [4.69, 9.17) is 0 Å². The molecule has 0 saturated carbocycles. The minimum atomic E-state index is -0.301. The molecule has 0 aromatic heterocycles. The highest BCUT2D eigenvalue weighted by Crippen LogP contribution is 2.16. The molecule has 0 amide bonds. The van der Waals surface area contributed by atoms with E-state index in [-0.39, 0.29) is 25.0 Å². The van der Waals surface area contributed by atoms with Crippen molar-refractivity contribution < 1.29 is 19.1 Å². The number of hydrogen-bond acceptors (Lipinski definition) is 6. The average molecular weight is 342 g/mol. The fourth-order valence-corrected chi connectivity index (χ4v) is 2.21. The summed E-state index contributed by atoms with van der Waals surface area (Å²) in [5, 5.41) is 6.00. The van der Waals surface area contributed by atoms with Crippen LogP contribution >= 0.6 is 0 Å².